The van der Waals surface area contributed by atoms with Crippen molar-refractivity contribution in [2.75, 3.05) is 0 Å². The topological polar surface area (TPSA) is 26.3 Å². The van der Waals surface area contributed by atoms with Crippen molar-refractivity contribution in [2.45, 2.75) is 92.6 Å². The molecule has 0 saturated heterocycles. The van der Waals surface area contributed by atoms with Crippen LogP contribution < -0.4 is 0 Å². The van der Waals surface area contributed by atoms with E-state index in [0.29, 0.717) is 0 Å². The van der Waals surface area contributed by atoms with Gasteiger partial charge in [-0.15, -0.1) is 0 Å². The molecule has 0 rings (SSSR count). The first-order valence-corrected chi connectivity index (χ1v) is 16.6. The Bertz CT molecular complexity index is 276. The molecule has 0 aromatic rings. The summed E-state index contributed by atoms with van der Waals surface area (Å²) in [5, 5.41) is 0. The second kappa shape index (κ2) is 12.5. The quantitative estimate of drug-likeness (QED) is 0.231. The van der Waals surface area contributed by atoms with E-state index in [4.69, 9.17) is 4.74 Å². The minimum absolute atomic E-state index is 0.0197. The second-order valence-electron chi connectivity index (χ2n) is 6.49. The van der Waals surface area contributed by atoms with E-state index in [1.165, 1.54) is 51.8 Å². The number of hydrogen-bond donors (Lipinski definition) is 0. The number of carbonyl (C=O) groups is 1. The van der Waals surface area contributed by atoms with Crippen LogP contribution in [0.25, 0.3) is 0 Å². The van der Waals surface area contributed by atoms with Crippen LogP contribution in [0.1, 0.15) is 73.1 Å². The summed E-state index contributed by atoms with van der Waals surface area (Å²) in [6.45, 7) is 10.6. The van der Waals surface area contributed by atoms with Gasteiger partial charge in [-0.2, -0.15) is 0 Å². The number of esters is 1. The van der Waals surface area contributed by atoms with Gasteiger partial charge in [-0.3, -0.25) is 0 Å². The Kier molecular flexibility index (Phi) is 12.5. The number of carbonyl (C=O) groups excluding carboxylic acids is 1. The molecule has 0 aliphatic rings. The number of rotatable bonds is 12. The fourth-order valence-electron chi connectivity index (χ4n) is 2.73. The Hall–Kier alpha value is 0.00870. The van der Waals surface area contributed by atoms with Crippen molar-refractivity contribution in [2.24, 2.45) is 0 Å². The van der Waals surface area contributed by atoms with E-state index in [9.17, 15) is 4.79 Å². The molecule has 2 nitrogen and oxygen atoms in total. The van der Waals surface area contributed by atoms with Crippen molar-refractivity contribution in [3.8, 4) is 0 Å². The Morgan fingerprint density at radius 3 is 1.71 bits per heavy atom. The average Bonchev–Trinajstić information content (AvgIpc) is 2.45. The third-order valence-corrected chi connectivity index (χ3v) is 18.1. The molecule has 0 bridgehead atoms. The summed E-state index contributed by atoms with van der Waals surface area (Å²) in [6.07, 6.45) is 9.53. The van der Waals surface area contributed by atoms with Gasteiger partial charge in [-0.25, -0.2) is 0 Å². The van der Waals surface area contributed by atoms with E-state index in [0.717, 1.165) is 0 Å². The van der Waals surface area contributed by atoms with Crippen LogP contribution in [0.15, 0.2) is 10.2 Å². The van der Waals surface area contributed by atoms with Gasteiger partial charge in [0.2, 0.25) is 0 Å². The van der Waals surface area contributed by atoms with Gasteiger partial charge in [0.1, 0.15) is 0 Å². The van der Waals surface area contributed by atoms with Gasteiger partial charge in [-0.05, 0) is 0 Å². The summed E-state index contributed by atoms with van der Waals surface area (Å²) in [6, 6.07) is 0. The van der Waals surface area contributed by atoms with Crippen LogP contribution in [-0.4, -0.2) is 30.5 Å². The Morgan fingerprint density at radius 1 is 0.952 bits per heavy atom. The third kappa shape index (κ3) is 10.4. The summed E-state index contributed by atoms with van der Waals surface area (Å²) in [4.78, 5) is 11.8. The van der Waals surface area contributed by atoms with Gasteiger partial charge in [-0.1, -0.05) is 0 Å². The number of unbranched alkanes of at least 4 members (excludes halogenated alkanes) is 3. The zero-order chi connectivity index (χ0) is 16.1. The summed E-state index contributed by atoms with van der Waals surface area (Å²) in [7, 11) is 0. The van der Waals surface area contributed by atoms with Crippen LogP contribution in [0.5, 0.6) is 0 Å². The molecule has 0 aromatic heterocycles. The van der Waals surface area contributed by atoms with Gasteiger partial charge in [0.25, 0.3) is 0 Å². The molecule has 0 heterocycles. The average molecular weight is 403 g/mol. The van der Waals surface area contributed by atoms with Crippen LogP contribution in [0.3, 0.4) is 0 Å². The fraction of sp³-hybridized carbons (Fsp3) is 0.833. The number of hydrogen-bond acceptors (Lipinski definition) is 2. The SMILES string of the molecule is CCC[CH2][Sn](/[CH]=C\C(=O)OC(C)C)([CH2]CCC)[CH2]CCC. The molecule has 0 aliphatic heterocycles. The van der Waals surface area contributed by atoms with Crippen molar-refractivity contribution in [1.29, 1.82) is 0 Å². The molecular formula is C18H36O2Sn. The molecule has 3 heteroatoms. The van der Waals surface area contributed by atoms with E-state index >= 15 is 0 Å². The molecule has 0 spiro atoms. The second-order valence-corrected chi connectivity index (χ2v) is 19.5. The molecule has 0 amide bonds. The summed E-state index contributed by atoms with van der Waals surface area (Å²) in [5.41, 5.74) is 0. The standard InChI is InChI=1S/C6H9O2.3C4H9.Sn/c1-4-6(7)8-5(2)3;3*1-3-4-2;/h1,4-5H,2-3H3;3*1,3-4H2,2H3;. The van der Waals surface area contributed by atoms with E-state index in [2.05, 4.69) is 24.9 Å². The molecule has 21 heavy (non-hydrogen) atoms. The maximum atomic E-state index is 11.8. The first-order chi connectivity index (χ1) is 9.99. The van der Waals surface area contributed by atoms with Crippen LogP contribution in [-0.2, 0) is 9.53 Å². The monoisotopic (exact) mass is 404 g/mol. The van der Waals surface area contributed by atoms with Crippen molar-refractivity contribution >= 4 is 24.3 Å². The van der Waals surface area contributed by atoms with Gasteiger partial charge in [0.05, 0.1) is 0 Å². The van der Waals surface area contributed by atoms with Gasteiger partial charge < -0.3 is 0 Å². The third-order valence-electron chi connectivity index (χ3n) is 4.01. The molecule has 0 aromatic carbocycles. The minimum atomic E-state index is -2.30. The van der Waals surface area contributed by atoms with Crippen LogP contribution in [0.2, 0.25) is 13.3 Å². The first-order valence-electron chi connectivity index (χ1n) is 8.89. The molecular weight excluding hydrogens is 367 g/mol. The van der Waals surface area contributed by atoms with Gasteiger partial charge in [0.15, 0.2) is 0 Å². The summed E-state index contributed by atoms with van der Waals surface area (Å²) >= 11 is -2.30. The molecule has 0 atom stereocenters. The van der Waals surface area contributed by atoms with E-state index < -0.39 is 18.4 Å². The molecule has 124 valence electrons. The fourth-order valence-corrected chi connectivity index (χ4v) is 16.7. The Balaban J connectivity index is 4.92. The van der Waals surface area contributed by atoms with Gasteiger partial charge in [0, 0.05) is 0 Å². The van der Waals surface area contributed by atoms with Gasteiger partial charge >= 0.3 is 137 Å². The molecule has 0 fully saturated rings. The molecule has 0 unspecified atom stereocenters. The molecule has 0 radical (unpaired) electrons. The zero-order valence-corrected chi connectivity index (χ0v) is 17.8. The molecule has 0 aliphatic carbocycles. The van der Waals surface area contributed by atoms with E-state index in [-0.39, 0.29) is 12.1 Å². The van der Waals surface area contributed by atoms with Crippen LogP contribution >= 0.6 is 0 Å². The van der Waals surface area contributed by atoms with Crippen molar-refractivity contribution < 1.29 is 9.53 Å². The zero-order valence-electron chi connectivity index (χ0n) is 14.9. The predicted octanol–water partition coefficient (Wildman–Crippen LogP) is 5.88. The molecule has 0 saturated carbocycles. The van der Waals surface area contributed by atoms with Crippen molar-refractivity contribution in [3.63, 3.8) is 0 Å². The Morgan fingerprint density at radius 2 is 1.38 bits per heavy atom. The normalized spacial score (nSPS) is 12.3. The van der Waals surface area contributed by atoms with E-state index in [1.807, 2.05) is 13.8 Å². The van der Waals surface area contributed by atoms with E-state index in [1.54, 1.807) is 6.08 Å². The Labute approximate surface area is 136 Å². The maximum absolute atomic E-state index is 11.8. The van der Waals surface area contributed by atoms with Crippen LogP contribution in [0, 0.1) is 0 Å². The van der Waals surface area contributed by atoms with Crippen molar-refractivity contribution in [1.82, 2.24) is 0 Å². The van der Waals surface area contributed by atoms with Crippen LogP contribution in [0.4, 0.5) is 0 Å². The summed E-state index contributed by atoms with van der Waals surface area (Å²) in [5.74, 6) is -0.143. The molecule has 0 N–H and O–H groups in total. The summed E-state index contributed by atoms with van der Waals surface area (Å²) < 4.78 is 11.8. The number of ether oxygens (including phenoxy) is 1. The predicted molar refractivity (Wildman–Crippen MR) is 95.3 cm³/mol. The first kappa shape index (κ1) is 21.0. The van der Waals surface area contributed by atoms with Crippen molar-refractivity contribution in [3.05, 3.63) is 10.2 Å².